The molecule has 1 N–H and O–H groups in total. The number of halogens is 1. The molecule has 4 aliphatic carbocycles. The smallest absolute Gasteiger partial charge is 0.339 e. The van der Waals surface area contributed by atoms with Crippen molar-refractivity contribution >= 4 is 39.3 Å². The van der Waals surface area contributed by atoms with E-state index in [0.29, 0.717) is 19.3 Å². The minimum atomic E-state index is -4.30. The number of ether oxygens (including phenoxy) is 1. The number of esters is 1. The number of benzene rings is 2. The van der Waals surface area contributed by atoms with E-state index in [4.69, 9.17) is 20.5 Å². The molecule has 0 aliphatic heterocycles. The Labute approximate surface area is 268 Å². The first-order valence-electron chi connectivity index (χ1n) is 15.3. The van der Waals surface area contributed by atoms with E-state index in [-0.39, 0.29) is 40.9 Å². The summed E-state index contributed by atoms with van der Waals surface area (Å²) in [5.74, 6) is -2.08. The number of hydrogen-bond donors (Lipinski definition) is 1. The van der Waals surface area contributed by atoms with Gasteiger partial charge in [0.05, 0.1) is 21.4 Å². The summed E-state index contributed by atoms with van der Waals surface area (Å²) in [6.45, 7) is 4.76. The Balaban J connectivity index is 1.38. The molecule has 0 amide bonds. The molecule has 1 unspecified atom stereocenters. The normalized spacial score (nSPS) is 35.5. The molecule has 0 radical (unpaired) electrons. The highest BCUT2D eigenvalue weighted by atomic mass is 35.5. The molecule has 3 fully saturated rings. The standard InChI is InChI=1S/C35H37ClO8S/c1-22-9-12-26(13-10-22)45(41,42)43-21-30(39)34(44-31(40)23-7-5-4-6-8-23)18-16-27-28-14-11-24-19-25(37)15-17-32(24,2)35(28,36)29(38)20-33(27,34)3/h4-10,12-13,15,17,19,27-29,38H,11,14,16,18,20-21H2,1-3H3/t27-,28-,29?,32-,33-,34-,35-/m0/s1. The maximum atomic E-state index is 14.4. The molecular weight excluding hydrogens is 616 g/mol. The lowest BCUT2D eigenvalue weighted by atomic mass is 9.45. The van der Waals surface area contributed by atoms with Crippen LogP contribution in [0.25, 0.3) is 0 Å². The molecule has 2 aromatic carbocycles. The fraction of sp³-hybridized carbons (Fsp3) is 0.457. The van der Waals surface area contributed by atoms with E-state index in [9.17, 15) is 27.9 Å². The van der Waals surface area contributed by atoms with Crippen LogP contribution in [-0.2, 0) is 28.6 Å². The van der Waals surface area contributed by atoms with Gasteiger partial charge >= 0.3 is 5.97 Å². The molecule has 238 valence electrons. The quantitative estimate of drug-likeness (QED) is 0.236. The first-order valence-corrected chi connectivity index (χ1v) is 17.1. The Morgan fingerprint density at radius 3 is 2.40 bits per heavy atom. The van der Waals surface area contributed by atoms with Crippen LogP contribution in [0.3, 0.4) is 0 Å². The van der Waals surface area contributed by atoms with Crippen LogP contribution in [0.5, 0.6) is 0 Å². The second kappa shape index (κ2) is 11.0. The molecule has 10 heteroatoms. The number of hydrogen-bond acceptors (Lipinski definition) is 8. The first-order chi connectivity index (χ1) is 21.2. The summed E-state index contributed by atoms with van der Waals surface area (Å²) in [5.41, 5.74) is -1.71. The van der Waals surface area contributed by atoms with Crippen LogP contribution >= 0.6 is 11.6 Å². The summed E-state index contributed by atoms with van der Waals surface area (Å²) >= 11 is 7.54. The predicted molar refractivity (Wildman–Crippen MR) is 167 cm³/mol. The highest BCUT2D eigenvalue weighted by Gasteiger charge is 2.74. The summed E-state index contributed by atoms with van der Waals surface area (Å²) < 4.78 is 37.7. The molecule has 3 saturated carbocycles. The summed E-state index contributed by atoms with van der Waals surface area (Å²) in [6.07, 6.45) is 5.50. The third-order valence-electron chi connectivity index (χ3n) is 11.1. The van der Waals surface area contributed by atoms with Crippen LogP contribution < -0.4 is 0 Å². The van der Waals surface area contributed by atoms with E-state index in [0.717, 1.165) is 11.1 Å². The van der Waals surface area contributed by atoms with Crippen LogP contribution in [0.1, 0.15) is 61.9 Å². The zero-order valence-electron chi connectivity index (χ0n) is 25.5. The highest BCUT2D eigenvalue weighted by molar-refractivity contribution is 7.86. The molecule has 0 saturated heterocycles. The zero-order chi connectivity index (χ0) is 32.4. The molecule has 0 aromatic heterocycles. The van der Waals surface area contributed by atoms with Crippen LogP contribution in [-0.4, -0.2) is 54.2 Å². The van der Waals surface area contributed by atoms with Gasteiger partial charge in [-0.15, -0.1) is 11.6 Å². The van der Waals surface area contributed by atoms with Crippen molar-refractivity contribution in [3.8, 4) is 0 Å². The Bertz CT molecular complexity index is 1720. The summed E-state index contributed by atoms with van der Waals surface area (Å²) in [6, 6.07) is 14.4. The number of carbonyl (C=O) groups excluding carboxylic acids is 3. The lowest BCUT2D eigenvalue weighted by Crippen LogP contribution is -2.69. The largest absolute Gasteiger partial charge is 0.447 e. The van der Waals surface area contributed by atoms with Crippen molar-refractivity contribution in [1.82, 2.24) is 0 Å². The lowest BCUT2D eigenvalue weighted by molar-refractivity contribution is -0.174. The number of aryl methyl sites for hydroxylation is 1. The number of alkyl halides is 1. The van der Waals surface area contributed by atoms with Crippen molar-refractivity contribution in [2.75, 3.05) is 6.61 Å². The molecule has 6 rings (SSSR count). The Morgan fingerprint density at radius 1 is 1.02 bits per heavy atom. The summed E-state index contributed by atoms with van der Waals surface area (Å²) in [4.78, 5) is 38.9. The van der Waals surface area contributed by atoms with E-state index in [1.165, 1.54) is 18.2 Å². The fourth-order valence-corrected chi connectivity index (χ4v) is 10.1. The molecular formula is C35H37ClO8S. The first kappa shape index (κ1) is 31.9. The molecule has 7 atom stereocenters. The number of Topliss-reactive ketones (excluding diaryl/α,β-unsaturated/α-hetero) is 1. The second-order valence-corrected chi connectivity index (χ2v) is 15.6. The summed E-state index contributed by atoms with van der Waals surface area (Å²) in [5, 5.41) is 12.0. The van der Waals surface area contributed by atoms with Crippen molar-refractivity contribution < 1.29 is 36.8 Å². The maximum Gasteiger partial charge on any atom is 0.339 e. The molecule has 8 nitrogen and oxygen atoms in total. The van der Waals surface area contributed by atoms with Crippen LogP contribution in [0, 0.1) is 29.6 Å². The average Bonchev–Trinajstić information content (AvgIpc) is 3.29. The predicted octanol–water partition coefficient (Wildman–Crippen LogP) is 5.51. The molecule has 2 aromatic rings. The van der Waals surface area contributed by atoms with E-state index < -0.39 is 55.9 Å². The second-order valence-electron chi connectivity index (χ2n) is 13.3. The van der Waals surface area contributed by atoms with Crippen molar-refractivity contribution in [3.05, 3.63) is 89.5 Å². The average molecular weight is 653 g/mol. The van der Waals surface area contributed by atoms with Crippen molar-refractivity contribution in [2.45, 2.75) is 74.3 Å². The number of carbonyl (C=O) groups is 3. The Morgan fingerprint density at radius 2 is 1.71 bits per heavy atom. The monoisotopic (exact) mass is 652 g/mol. The molecule has 0 spiro atoms. The van der Waals surface area contributed by atoms with Crippen molar-refractivity contribution in [2.24, 2.45) is 22.7 Å². The fourth-order valence-electron chi connectivity index (χ4n) is 8.69. The Hall–Kier alpha value is -3.11. The van der Waals surface area contributed by atoms with E-state index in [1.54, 1.807) is 54.6 Å². The number of aliphatic hydroxyl groups is 1. The van der Waals surface area contributed by atoms with Gasteiger partial charge in [-0.05, 0) is 87.3 Å². The number of ketones is 2. The molecule has 4 aliphatic rings. The molecule has 0 bridgehead atoms. The van der Waals surface area contributed by atoms with Crippen LogP contribution in [0.2, 0.25) is 0 Å². The van der Waals surface area contributed by atoms with E-state index in [2.05, 4.69) is 0 Å². The highest BCUT2D eigenvalue weighted by Crippen LogP contribution is 2.71. The molecule has 45 heavy (non-hydrogen) atoms. The third-order valence-corrected chi connectivity index (χ3v) is 13.3. The SMILES string of the molecule is Cc1ccc(S(=O)(=O)OCC(=O)[C@@]2(OC(=O)c3ccccc3)CC[C@H]3[C@@H]4CCC5=CC(=O)C=C[C@]5(C)[C@@]4(Cl)C(O)C[C@@]32C)cc1. The van der Waals surface area contributed by atoms with Gasteiger partial charge in [0.25, 0.3) is 10.1 Å². The number of allylic oxidation sites excluding steroid dienone is 4. The van der Waals surface area contributed by atoms with Gasteiger partial charge in [-0.2, -0.15) is 8.42 Å². The van der Waals surface area contributed by atoms with Gasteiger partial charge in [0, 0.05) is 10.8 Å². The summed E-state index contributed by atoms with van der Waals surface area (Å²) in [7, 11) is -4.30. The van der Waals surface area contributed by atoms with Crippen molar-refractivity contribution in [3.63, 3.8) is 0 Å². The van der Waals surface area contributed by atoms with Gasteiger partial charge in [-0.1, -0.05) is 61.4 Å². The van der Waals surface area contributed by atoms with Crippen LogP contribution in [0.15, 0.2) is 83.3 Å². The number of fused-ring (bicyclic) bond motifs is 5. The number of rotatable bonds is 7. The topological polar surface area (TPSA) is 124 Å². The minimum absolute atomic E-state index is 0.0147. The number of aliphatic hydroxyl groups excluding tert-OH is 1. The van der Waals surface area contributed by atoms with Gasteiger partial charge in [0.1, 0.15) is 6.61 Å². The maximum absolute atomic E-state index is 14.4. The van der Waals surface area contributed by atoms with E-state index >= 15 is 0 Å². The van der Waals surface area contributed by atoms with Crippen molar-refractivity contribution in [1.29, 1.82) is 0 Å². The Kier molecular flexibility index (Phi) is 7.79. The van der Waals surface area contributed by atoms with Gasteiger partial charge in [0.2, 0.25) is 5.78 Å². The molecule has 0 heterocycles. The van der Waals surface area contributed by atoms with Crippen LogP contribution in [0.4, 0.5) is 0 Å². The minimum Gasteiger partial charge on any atom is -0.447 e. The van der Waals surface area contributed by atoms with Gasteiger partial charge in [-0.3, -0.25) is 13.8 Å². The van der Waals surface area contributed by atoms with Gasteiger partial charge in [-0.25, -0.2) is 4.79 Å². The zero-order valence-corrected chi connectivity index (χ0v) is 27.1. The van der Waals surface area contributed by atoms with Gasteiger partial charge < -0.3 is 9.84 Å². The lowest BCUT2D eigenvalue weighted by Gasteiger charge is -2.64. The van der Waals surface area contributed by atoms with E-state index in [1.807, 2.05) is 20.8 Å². The van der Waals surface area contributed by atoms with Gasteiger partial charge in [0.15, 0.2) is 11.4 Å². The third kappa shape index (κ3) is 4.77.